The van der Waals surface area contributed by atoms with Crippen LogP contribution in [0.15, 0.2) is 45.8 Å². The van der Waals surface area contributed by atoms with Gasteiger partial charge in [-0.25, -0.2) is 13.4 Å². The van der Waals surface area contributed by atoms with Crippen molar-refractivity contribution in [3.8, 4) is 0 Å². The van der Waals surface area contributed by atoms with Crippen LogP contribution in [0.25, 0.3) is 0 Å². The third kappa shape index (κ3) is 3.43. The first-order chi connectivity index (χ1) is 8.88. The Labute approximate surface area is 122 Å². The van der Waals surface area contributed by atoms with E-state index in [0.29, 0.717) is 9.50 Å². The number of anilines is 1. The third-order valence-electron chi connectivity index (χ3n) is 2.16. The van der Waals surface area contributed by atoms with Crippen molar-refractivity contribution in [1.29, 1.82) is 0 Å². The predicted molar refractivity (Wildman–Crippen MR) is 74.2 cm³/mol. The van der Waals surface area contributed by atoms with Crippen LogP contribution < -0.4 is 4.72 Å². The van der Waals surface area contributed by atoms with Crippen LogP contribution in [-0.4, -0.2) is 13.4 Å². The van der Waals surface area contributed by atoms with Gasteiger partial charge < -0.3 is 0 Å². The van der Waals surface area contributed by atoms with Crippen molar-refractivity contribution in [1.82, 2.24) is 4.98 Å². The first kappa shape index (κ1) is 14.2. The number of pyridine rings is 1. The lowest BCUT2D eigenvalue weighted by Gasteiger charge is -2.08. The maximum atomic E-state index is 12.9. The zero-order valence-electron chi connectivity index (χ0n) is 9.27. The molecule has 0 aliphatic heterocycles. The fourth-order valence-corrected chi connectivity index (χ4v) is 2.98. The van der Waals surface area contributed by atoms with Crippen molar-refractivity contribution < 1.29 is 12.8 Å². The Kier molecular flexibility index (Phi) is 4.07. The van der Waals surface area contributed by atoms with E-state index < -0.39 is 16.0 Å². The lowest BCUT2D eigenvalue weighted by molar-refractivity contribution is 0.584. The number of aromatic nitrogens is 1. The van der Waals surface area contributed by atoms with Crippen molar-refractivity contribution >= 4 is 43.4 Å². The molecule has 4 nitrogen and oxygen atoms in total. The number of nitrogens with one attached hydrogen (secondary N) is 1. The van der Waals surface area contributed by atoms with Crippen LogP contribution in [0.1, 0.15) is 0 Å². The minimum atomic E-state index is -3.84. The Morgan fingerprint density at radius 3 is 2.63 bits per heavy atom. The standard InChI is InChI=1S/C11H7BrClFN2O2S/c12-8-6-7(4-5-9(8)13)19(17,18)16-11-3-1-2-10(14)15-11/h1-6H,(H,15,16). The first-order valence-corrected chi connectivity index (χ1v) is 7.64. The van der Waals surface area contributed by atoms with Crippen LogP contribution in [0.2, 0.25) is 5.02 Å². The number of sulfonamides is 1. The lowest BCUT2D eigenvalue weighted by atomic mass is 10.4. The van der Waals surface area contributed by atoms with Crippen LogP contribution in [0.5, 0.6) is 0 Å². The number of rotatable bonds is 3. The highest BCUT2D eigenvalue weighted by atomic mass is 79.9. The molecule has 100 valence electrons. The van der Waals surface area contributed by atoms with Gasteiger partial charge >= 0.3 is 0 Å². The molecule has 0 atom stereocenters. The summed E-state index contributed by atoms with van der Waals surface area (Å²) in [7, 11) is -3.84. The van der Waals surface area contributed by atoms with Gasteiger partial charge in [-0.1, -0.05) is 17.7 Å². The highest BCUT2D eigenvalue weighted by molar-refractivity contribution is 9.10. The van der Waals surface area contributed by atoms with Crippen molar-refractivity contribution in [2.45, 2.75) is 4.90 Å². The average molecular weight is 366 g/mol. The Morgan fingerprint density at radius 1 is 1.26 bits per heavy atom. The summed E-state index contributed by atoms with van der Waals surface area (Å²) in [5.41, 5.74) is 0. The second-order valence-electron chi connectivity index (χ2n) is 3.53. The van der Waals surface area contributed by atoms with Crippen molar-refractivity contribution in [2.75, 3.05) is 4.72 Å². The Hall–Kier alpha value is -1.18. The average Bonchev–Trinajstić information content (AvgIpc) is 2.32. The monoisotopic (exact) mass is 364 g/mol. The summed E-state index contributed by atoms with van der Waals surface area (Å²) in [6.45, 7) is 0. The highest BCUT2D eigenvalue weighted by Crippen LogP contribution is 2.26. The van der Waals surface area contributed by atoms with Crippen LogP contribution in [0.3, 0.4) is 0 Å². The number of hydrogen-bond donors (Lipinski definition) is 1. The Morgan fingerprint density at radius 2 is 2.00 bits per heavy atom. The lowest BCUT2D eigenvalue weighted by Crippen LogP contribution is -2.14. The molecule has 0 aliphatic rings. The predicted octanol–water partition coefficient (Wildman–Crippen LogP) is 3.44. The topological polar surface area (TPSA) is 59.1 Å². The second-order valence-corrected chi connectivity index (χ2v) is 6.47. The number of hydrogen-bond acceptors (Lipinski definition) is 3. The zero-order chi connectivity index (χ0) is 14.0. The van der Waals surface area contributed by atoms with E-state index in [1.165, 1.54) is 30.3 Å². The van der Waals surface area contributed by atoms with E-state index in [9.17, 15) is 12.8 Å². The van der Waals surface area contributed by atoms with E-state index in [1.54, 1.807) is 0 Å². The summed E-state index contributed by atoms with van der Waals surface area (Å²) in [5, 5.41) is 0.392. The summed E-state index contributed by atoms with van der Waals surface area (Å²) in [5.74, 6) is -0.858. The van der Waals surface area contributed by atoms with E-state index in [2.05, 4.69) is 25.6 Å². The van der Waals surface area contributed by atoms with Crippen molar-refractivity contribution in [3.63, 3.8) is 0 Å². The molecule has 1 aromatic carbocycles. The summed E-state index contributed by atoms with van der Waals surface area (Å²) < 4.78 is 39.6. The summed E-state index contributed by atoms with van der Waals surface area (Å²) in [6, 6.07) is 7.97. The normalized spacial score (nSPS) is 11.3. The van der Waals surface area contributed by atoms with E-state index in [-0.39, 0.29) is 10.7 Å². The van der Waals surface area contributed by atoms with Crippen LogP contribution in [0, 0.1) is 5.95 Å². The fourth-order valence-electron chi connectivity index (χ4n) is 1.31. The number of nitrogens with zero attached hydrogens (tertiary/aromatic N) is 1. The molecule has 2 aromatic rings. The summed E-state index contributed by atoms with van der Waals surface area (Å²) >= 11 is 8.92. The molecule has 0 aliphatic carbocycles. The smallest absolute Gasteiger partial charge is 0.263 e. The molecule has 0 spiro atoms. The van der Waals surface area contributed by atoms with Gasteiger partial charge in [-0.05, 0) is 46.3 Å². The highest BCUT2D eigenvalue weighted by Gasteiger charge is 2.16. The zero-order valence-corrected chi connectivity index (χ0v) is 12.4. The molecular formula is C11H7BrClFN2O2S. The van der Waals surface area contributed by atoms with Crippen LogP contribution in [0.4, 0.5) is 10.2 Å². The SMILES string of the molecule is O=S(=O)(Nc1cccc(F)n1)c1ccc(Cl)c(Br)c1. The van der Waals surface area contributed by atoms with Gasteiger partial charge in [0.1, 0.15) is 5.82 Å². The Bertz CT molecular complexity index is 724. The molecule has 0 saturated carbocycles. The van der Waals surface area contributed by atoms with Gasteiger partial charge in [-0.3, -0.25) is 4.72 Å². The summed E-state index contributed by atoms with van der Waals surface area (Å²) in [6.07, 6.45) is 0. The molecule has 1 heterocycles. The van der Waals surface area contributed by atoms with Gasteiger partial charge in [0, 0.05) is 4.47 Å². The number of benzene rings is 1. The minimum Gasteiger partial charge on any atom is -0.263 e. The molecular weight excluding hydrogens is 359 g/mol. The molecule has 1 aromatic heterocycles. The molecule has 8 heteroatoms. The van der Waals surface area contributed by atoms with E-state index in [0.717, 1.165) is 6.07 Å². The van der Waals surface area contributed by atoms with E-state index in [1.807, 2.05) is 0 Å². The van der Waals surface area contributed by atoms with Gasteiger partial charge in [0.05, 0.1) is 9.92 Å². The summed E-state index contributed by atoms with van der Waals surface area (Å²) in [4.78, 5) is 3.42. The quantitative estimate of drug-likeness (QED) is 0.848. The van der Waals surface area contributed by atoms with Gasteiger partial charge in [-0.15, -0.1) is 0 Å². The second kappa shape index (κ2) is 5.44. The van der Waals surface area contributed by atoms with Gasteiger partial charge in [0.2, 0.25) is 5.95 Å². The van der Waals surface area contributed by atoms with Gasteiger partial charge in [0.25, 0.3) is 10.0 Å². The van der Waals surface area contributed by atoms with Gasteiger partial charge in [0.15, 0.2) is 0 Å². The molecule has 1 N–H and O–H groups in total. The minimum absolute atomic E-state index is 0.00478. The molecule has 0 amide bonds. The largest absolute Gasteiger partial charge is 0.263 e. The third-order valence-corrected chi connectivity index (χ3v) is 4.72. The maximum absolute atomic E-state index is 12.9. The fraction of sp³-hybridized carbons (Fsp3) is 0. The molecule has 0 fully saturated rings. The molecule has 0 unspecified atom stereocenters. The van der Waals surface area contributed by atoms with Gasteiger partial charge in [-0.2, -0.15) is 4.39 Å². The van der Waals surface area contributed by atoms with E-state index in [4.69, 9.17) is 11.6 Å². The first-order valence-electron chi connectivity index (χ1n) is 4.99. The van der Waals surface area contributed by atoms with Crippen LogP contribution in [-0.2, 0) is 10.0 Å². The molecule has 2 rings (SSSR count). The molecule has 0 radical (unpaired) electrons. The number of halogens is 3. The molecule has 19 heavy (non-hydrogen) atoms. The van der Waals surface area contributed by atoms with Crippen molar-refractivity contribution in [3.05, 3.63) is 51.8 Å². The molecule has 0 bridgehead atoms. The van der Waals surface area contributed by atoms with Crippen LogP contribution >= 0.6 is 27.5 Å². The molecule has 0 saturated heterocycles. The Balaban J connectivity index is 2.35. The van der Waals surface area contributed by atoms with Crippen molar-refractivity contribution in [2.24, 2.45) is 0 Å². The maximum Gasteiger partial charge on any atom is 0.263 e. The van der Waals surface area contributed by atoms with E-state index >= 15 is 0 Å².